The molecule has 1 aromatic heterocycles. The zero-order chi connectivity index (χ0) is 26.5. The number of benzene rings is 2. The topological polar surface area (TPSA) is 109 Å². The van der Waals surface area contributed by atoms with Crippen LogP contribution in [0.3, 0.4) is 0 Å². The normalized spacial score (nSPS) is 19.1. The molecule has 2 saturated heterocycles. The van der Waals surface area contributed by atoms with Crippen LogP contribution in [0, 0.1) is 0 Å². The molecule has 2 unspecified atom stereocenters. The lowest BCUT2D eigenvalue weighted by atomic mass is 10.1. The molecule has 1 amide bonds. The first-order chi connectivity index (χ1) is 18.5. The standard InChI is InChI=1S/C28H32N6O4/c1-19(20-7-4-3-5-8-20)31-28-22-13-24(25(37-2)14-23(22)29-18-30-28)32-26(35)9-6-10-33-11-12-34-16-27(36)38-17-21(34)15-33/h3-9,13-14,18-19,21H,10-12,15-17H2,1-2H3,(H,32,35)(H,29,30,31). The van der Waals surface area contributed by atoms with Gasteiger partial charge in [-0.3, -0.25) is 19.4 Å². The summed E-state index contributed by atoms with van der Waals surface area (Å²) in [5.74, 6) is 0.781. The SMILES string of the molecule is COc1cc2ncnc(NC(C)c3ccccc3)c2cc1NC(=O)C=CCN1CCN2CC(=O)OCC2C1. The molecule has 3 aromatic rings. The molecule has 0 spiro atoms. The lowest BCUT2D eigenvalue weighted by molar-refractivity contribution is -0.157. The predicted octanol–water partition coefficient (Wildman–Crippen LogP) is 2.85. The highest BCUT2D eigenvalue weighted by molar-refractivity contribution is 6.03. The Morgan fingerprint density at radius 2 is 2.08 bits per heavy atom. The number of aromatic nitrogens is 2. The molecule has 2 atom stereocenters. The van der Waals surface area contributed by atoms with Crippen LogP contribution in [-0.2, 0) is 14.3 Å². The van der Waals surface area contributed by atoms with Crippen molar-refractivity contribution in [2.45, 2.75) is 19.0 Å². The second-order valence-electron chi connectivity index (χ2n) is 9.53. The van der Waals surface area contributed by atoms with Crippen molar-refractivity contribution >= 4 is 34.3 Å². The van der Waals surface area contributed by atoms with Crippen LogP contribution >= 0.6 is 0 Å². The van der Waals surface area contributed by atoms with Crippen LogP contribution in [0.5, 0.6) is 5.75 Å². The van der Waals surface area contributed by atoms with Gasteiger partial charge in [0.15, 0.2) is 0 Å². The fourth-order valence-corrected chi connectivity index (χ4v) is 4.87. The number of cyclic esters (lactones) is 1. The van der Waals surface area contributed by atoms with E-state index in [1.54, 1.807) is 13.2 Å². The second-order valence-corrected chi connectivity index (χ2v) is 9.53. The lowest BCUT2D eigenvalue weighted by Crippen LogP contribution is -2.59. The highest BCUT2D eigenvalue weighted by Gasteiger charge is 2.32. The number of anilines is 2. The summed E-state index contributed by atoms with van der Waals surface area (Å²) in [6, 6.07) is 14.0. The Kier molecular flexibility index (Phi) is 7.81. The number of rotatable bonds is 8. The zero-order valence-electron chi connectivity index (χ0n) is 21.6. The third-order valence-corrected chi connectivity index (χ3v) is 6.96. The smallest absolute Gasteiger partial charge is 0.320 e. The van der Waals surface area contributed by atoms with Crippen molar-refractivity contribution < 1.29 is 19.1 Å². The number of nitrogens with zero attached hydrogens (tertiary/aromatic N) is 4. The number of carbonyl (C=O) groups is 2. The van der Waals surface area contributed by atoms with Crippen molar-refractivity contribution in [2.24, 2.45) is 0 Å². The maximum absolute atomic E-state index is 12.8. The number of piperazine rings is 1. The molecular formula is C28H32N6O4. The van der Waals surface area contributed by atoms with Gasteiger partial charge in [0.05, 0.1) is 30.9 Å². The van der Waals surface area contributed by atoms with Gasteiger partial charge in [0.25, 0.3) is 0 Å². The lowest BCUT2D eigenvalue weighted by Gasteiger charge is -2.42. The molecule has 2 aliphatic heterocycles. The number of hydrogen-bond donors (Lipinski definition) is 2. The highest BCUT2D eigenvalue weighted by atomic mass is 16.5. The molecule has 3 heterocycles. The number of amides is 1. The van der Waals surface area contributed by atoms with Crippen molar-refractivity contribution in [1.82, 2.24) is 19.8 Å². The number of fused-ring (bicyclic) bond motifs is 2. The average Bonchev–Trinajstić information content (AvgIpc) is 2.93. The quantitative estimate of drug-likeness (QED) is 0.345. The molecule has 0 saturated carbocycles. The Morgan fingerprint density at radius 3 is 2.89 bits per heavy atom. The van der Waals surface area contributed by atoms with Gasteiger partial charge in [0, 0.05) is 49.7 Å². The van der Waals surface area contributed by atoms with Crippen LogP contribution in [0.2, 0.25) is 0 Å². The minimum Gasteiger partial charge on any atom is -0.494 e. The fourth-order valence-electron chi connectivity index (χ4n) is 4.87. The van der Waals surface area contributed by atoms with Crippen molar-refractivity contribution in [1.29, 1.82) is 0 Å². The van der Waals surface area contributed by atoms with Crippen LogP contribution in [-0.4, -0.2) is 84.1 Å². The molecular weight excluding hydrogens is 484 g/mol. The molecule has 2 fully saturated rings. The Morgan fingerprint density at radius 1 is 1.24 bits per heavy atom. The Balaban J connectivity index is 1.25. The molecule has 198 valence electrons. The Bertz CT molecular complexity index is 1330. The van der Waals surface area contributed by atoms with E-state index >= 15 is 0 Å². The van der Waals surface area contributed by atoms with Gasteiger partial charge in [-0.2, -0.15) is 0 Å². The minimum absolute atomic E-state index is 0.0277. The second kappa shape index (κ2) is 11.6. The first-order valence-electron chi connectivity index (χ1n) is 12.7. The largest absolute Gasteiger partial charge is 0.494 e. The predicted molar refractivity (Wildman–Crippen MR) is 145 cm³/mol. The summed E-state index contributed by atoms with van der Waals surface area (Å²) in [6.07, 6.45) is 4.90. The first-order valence-corrected chi connectivity index (χ1v) is 12.7. The Labute approximate surface area is 221 Å². The number of carbonyl (C=O) groups excluding carboxylic acids is 2. The monoisotopic (exact) mass is 516 g/mol. The number of methoxy groups -OCH3 is 1. The van der Waals surface area contributed by atoms with Crippen LogP contribution in [0.15, 0.2) is 60.9 Å². The molecule has 0 bridgehead atoms. The van der Waals surface area contributed by atoms with E-state index in [-0.39, 0.29) is 24.0 Å². The molecule has 0 radical (unpaired) electrons. The summed E-state index contributed by atoms with van der Waals surface area (Å²) in [5.41, 5.74) is 2.38. The van der Waals surface area contributed by atoms with E-state index in [0.717, 1.165) is 30.6 Å². The third kappa shape index (κ3) is 5.92. The number of nitrogens with one attached hydrogen (secondary N) is 2. The first kappa shape index (κ1) is 25.6. The van der Waals surface area contributed by atoms with Crippen LogP contribution in [0.25, 0.3) is 10.9 Å². The van der Waals surface area contributed by atoms with E-state index in [4.69, 9.17) is 9.47 Å². The van der Waals surface area contributed by atoms with Gasteiger partial charge in [0.2, 0.25) is 5.91 Å². The van der Waals surface area contributed by atoms with E-state index in [1.165, 1.54) is 12.4 Å². The maximum Gasteiger partial charge on any atom is 0.320 e. The van der Waals surface area contributed by atoms with Crippen LogP contribution in [0.4, 0.5) is 11.5 Å². The summed E-state index contributed by atoms with van der Waals surface area (Å²) >= 11 is 0. The van der Waals surface area contributed by atoms with Gasteiger partial charge >= 0.3 is 5.97 Å². The Hall–Kier alpha value is -4.02. The van der Waals surface area contributed by atoms with E-state index in [0.29, 0.717) is 42.5 Å². The van der Waals surface area contributed by atoms with E-state index in [9.17, 15) is 9.59 Å². The van der Waals surface area contributed by atoms with Crippen molar-refractivity contribution in [3.8, 4) is 5.75 Å². The maximum atomic E-state index is 12.8. The van der Waals surface area contributed by atoms with E-state index in [1.807, 2.05) is 30.3 Å². The summed E-state index contributed by atoms with van der Waals surface area (Å²) in [4.78, 5) is 37.5. The third-order valence-electron chi connectivity index (χ3n) is 6.96. The molecule has 2 aromatic carbocycles. The number of morpholine rings is 1. The molecule has 38 heavy (non-hydrogen) atoms. The highest BCUT2D eigenvalue weighted by Crippen LogP contribution is 2.33. The molecule has 10 heteroatoms. The molecule has 0 aliphatic carbocycles. The van der Waals surface area contributed by atoms with E-state index in [2.05, 4.69) is 49.5 Å². The van der Waals surface area contributed by atoms with Gasteiger partial charge in [-0.05, 0) is 18.6 Å². The molecule has 10 nitrogen and oxygen atoms in total. The van der Waals surface area contributed by atoms with Crippen molar-refractivity contribution in [2.75, 3.05) is 57.1 Å². The van der Waals surface area contributed by atoms with Gasteiger partial charge in [-0.15, -0.1) is 0 Å². The summed E-state index contributed by atoms with van der Waals surface area (Å²) in [7, 11) is 1.56. The van der Waals surface area contributed by atoms with Crippen LogP contribution < -0.4 is 15.4 Å². The van der Waals surface area contributed by atoms with Gasteiger partial charge in [-0.25, -0.2) is 9.97 Å². The fraction of sp³-hybridized carbons (Fsp3) is 0.357. The zero-order valence-corrected chi connectivity index (χ0v) is 21.6. The van der Waals surface area contributed by atoms with Crippen molar-refractivity contribution in [3.05, 3.63) is 66.5 Å². The number of ether oxygens (including phenoxy) is 2. The van der Waals surface area contributed by atoms with Gasteiger partial charge in [-0.1, -0.05) is 36.4 Å². The van der Waals surface area contributed by atoms with Gasteiger partial charge < -0.3 is 20.1 Å². The molecule has 2 N–H and O–H groups in total. The van der Waals surface area contributed by atoms with Crippen LogP contribution in [0.1, 0.15) is 18.5 Å². The summed E-state index contributed by atoms with van der Waals surface area (Å²) < 4.78 is 10.7. The van der Waals surface area contributed by atoms with Gasteiger partial charge in [0.1, 0.15) is 24.5 Å². The summed E-state index contributed by atoms with van der Waals surface area (Å²) in [5, 5.41) is 7.17. The summed E-state index contributed by atoms with van der Waals surface area (Å²) in [6.45, 7) is 5.94. The number of hydrogen-bond acceptors (Lipinski definition) is 9. The average molecular weight is 517 g/mol. The van der Waals surface area contributed by atoms with Crippen molar-refractivity contribution in [3.63, 3.8) is 0 Å². The van der Waals surface area contributed by atoms with E-state index < -0.39 is 0 Å². The molecule has 5 rings (SSSR count). The number of esters is 1. The molecule has 2 aliphatic rings. The minimum atomic E-state index is -0.253.